The third-order valence-electron chi connectivity index (χ3n) is 2.14. The van der Waals surface area contributed by atoms with Crippen LogP contribution in [0.25, 0.3) is 0 Å². The van der Waals surface area contributed by atoms with Crippen LogP contribution in [0, 0.1) is 5.92 Å². The molecule has 1 rings (SSSR count). The van der Waals surface area contributed by atoms with Crippen LogP contribution < -0.4 is 0 Å². The van der Waals surface area contributed by atoms with E-state index in [1.54, 1.807) is 16.9 Å². The van der Waals surface area contributed by atoms with Crippen LogP contribution >= 0.6 is 0 Å². The van der Waals surface area contributed by atoms with Crippen molar-refractivity contribution in [3.8, 4) is 0 Å². The van der Waals surface area contributed by atoms with E-state index < -0.39 is 12.1 Å². The van der Waals surface area contributed by atoms with Gasteiger partial charge in [-0.2, -0.15) is 5.10 Å². The largest absolute Gasteiger partial charge is 0.469 e. The molecule has 0 aliphatic carbocycles. The zero-order valence-electron chi connectivity index (χ0n) is 9.88. The highest BCUT2D eigenvalue weighted by atomic mass is 16.5. The van der Waals surface area contributed by atoms with Gasteiger partial charge in [0.25, 0.3) is 0 Å². The topological polar surface area (TPSA) is 64.3 Å². The second-order valence-corrected chi connectivity index (χ2v) is 4.15. The molecule has 0 saturated heterocycles. The summed E-state index contributed by atoms with van der Waals surface area (Å²) in [5, 5.41) is 13.9. The zero-order valence-corrected chi connectivity index (χ0v) is 9.88. The number of methoxy groups -OCH3 is 1. The molecule has 16 heavy (non-hydrogen) atoms. The number of aliphatic hydroxyl groups is 1. The van der Waals surface area contributed by atoms with Gasteiger partial charge >= 0.3 is 5.97 Å². The lowest BCUT2D eigenvalue weighted by molar-refractivity contribution is -0.142. The van der Waals surface area contributed by atoms with Gasteiger partial charge in [-0.1, -0.05) is 13.8 Å². The van der Waals surface area contributed by atoms with Gasteiger partial charge < -0.3 is 9.84 Å². The monoisotopic (exact) mass is 226 g/mol. The number of carbonyl (C=O) groups excluding carboxylic acids is 1. The fraction of sp³-hybridized carbons (Fsp3) is 0.636. The number of rotatable bonds is 5. The third kappa shape index (κ3) is 3.66. The smallest absolute Gasteiger partial charge is 0.308 e. The quantitative estimate of drug-likeness (QED) is 0.764. The minimum Gasteiger partial charge on any atom is -0.469 e. The number of ether oxygens (including phenoxy) is 1. The molecule has 0 aliphatic rings. The zero-order chi connectivity index (χ0) is 12.1. The molecule has 0 aliphatic heterocycles. The molecule has 5 nitrogen and oxygen atoms in total. The fourth-order valence-corrected chi connectivity index (χ4v) is 1.38. The maximum atomic E-state index is 11.0. The Morgan fingerprint density at radius 3 is 2.88 bits per heavy atom. The molecular weight excluding hydrogens is 208 g/mol. The molecule has 5 heteroatoms. The van der Waals surface area contributed by atoms with Crippen molar-refractivity contribution < 1.29 is 14.6 Å². The van der Waals surface area contributed by atoms with E-state index in [9.17, 15) is 9.90 Å². The maximum absolute atomic E-state index is 11.0. The van der Waals surface area contributed by atoms with Crippen molar-refractivity contribution in [2.45, 2.75) is 32.9 Å². The van der Waals surface area contributed by atoms with E-state index in [4.69, 9.17) is 0 Å². The molecule has 1 unspecified atom stereocenters. The summed E-state index contributed by atoms with van der Waals surface area (Å²) in [5.41, 5.74) is 0.506. The van der Waals surface area contributed by atoms with Crippen molar-refractivity contribution in [3.05, 3.63) is 18.0 Å². The van der Waals surface area contributed by atoms with Crippen LogP contribution in [-0.4, -0.2) is 28.0 Å². The Morgan fingerprint density at radius 2 is 2.31 bits per heavy atom. The standard InChI is InChI=1S/C11H18N2O3/c1-8(2)7-13-5-4-9(12-13)10(14)6-11(15)16-3/h4-5,8,10,14H,6-7H2,1-3H3. The first kappa shape index (κ1) is 12.7. The van der Waals surface area contributed by atoms with E-state index in [-0.39, 0.29) is 6.42 Å². The number of aromatic nitrogens is 2. The Balaban J connectivity index is 2.59. The lowest BCUT2D eigenvalue weighted by Crippen LogP contribution is -2.10. The van der Waals surface area contributed by atoms with Crippen molar-refractivity contribution in [1.82, 2.24) is 9.78 Å². The number of esters is 1. The number of carbonyl (C=O) groups is 1. The molecular formula is C11H18N2O3. The second-order valence-electron chi connectivity index (χ2n) is 4.15. The highest BCUT2D eigenvalue weighted by Gasteiger charge is 2.15. The Labute approximate surface area is 95.0 Å². The third-order valence-corrected chi connectivity index (χ3v) is 2.14. The summed E-state index contributed by atoms with van der Waals surface area (Å²) in [4.78, 5) is 11.0. The number of aliphatic hydroxyl groups excluding tert-OH is 1. The van der Waals surface area contributed by atoms with Gasteiger partial charge in [0.1, 0.15) is 6.10 Å². The molecule has 1 heterocycles. The summed E-state index contributed by atoms with van der Waals surface area (Å²) in [6.07, 6.45) is 0.853. The highest BCUT2D eigenvalue weighted by molar-refractivity contribution is 5.69. The van der Waals surface area contributed by atoms with Crippen molar-refractivity contribution in [2.24, 2.45) is 5.92 Å². The molecule has 1 N–H and O–H groups in total. The molecule has 1 aromatic rings. The fourth-order valence-electron chi connectivity index (χ4n) is 1.38. The van der Waals surface area contributed by atoms with Gasteiger partial charge in [-0.25, -0.2) is 0 Å². The summed E-state index contributed by atoms with van der Waals surface area (Å²) in [6, 6.07) is 1.72. The van der Waals surface area contributed by atoms with E-state index in [1.807, 2.05) is 0 Å². The van der Waals surface area contributed by atoms with Gasteiger partial charge in [0, 0.05) is 12.7 Å². The van der Waals surface area contributed by atoms with Gasteiger partial charge in [0.2, 0.25) is 0 Å². The van der Waals surface area contributed by atoms with Crippen molar-refractivity contribution >= 4 is 5.97 Å². The minimum absolute atomic E-state index is 0.0603. The highest BCUT2D eigenvalue weighted by Crippen LogP contribution is 2.14. The van der Waals surface area contributed by atoms with Gasteiger partial charge in [-0.05, 0) is 12.0 Å². The van der Waals surface area contributed by atoms with Gasteiger partial charge in [-0.3, -0.25) is 9.48 Å². The summed E-state index contributed by atoms with van der Waals surface area (Å²) < 4.78 is 6.24. The second kappa shape index (κ2) is 5.65. The van der Waals surface area contributed by atoms with Gasteiger partial charge in [0.05, 0.1) is 19.2 Å². The summed E-state index contributed by atoms with van der Waals surface area (Å²) in [5.74, 6) is 0.0522. The molecule has 0 fully saturated rings. The van der Waals surface area contributed by atoms with Crippen molar-refractivity contribution in [3.63, 3.8) is 0 Å². The predicted octanol–water partition coefficient (Wildman–Crippen LogP) is 1.14. The molecule has 0 amide bonds. The van der Waals surface area contributed by atoms with Crippen LogP contribution in [0.1, 0.15) is 32.1 Å². The van der Waals surface area contributed by atoms with Crippen LogP contribution in [0.3, 0.4) is 0 Å². The first-order chi connectivity index (χ1) is 7.52. The van der Waals surface area contributed by atoms with Crippen LogP contribution in [-0.2, 0) is 16.1 Å². The van der Waals surface area contributed by atoms with E-state index in [1.165, 1.54) is 7.11 Å². The molecule has 0 bridgehead atoms. The van der Waals surface area contributed by atoms with Gasteiger partial charge in [-0.15, -0.1) is 0 Å². The molecule has 90 valence electrons. The summed E-state index contributed by atoms with van der Waals surface area (Å²) in [7, 11) is 1.30. The molecule has 0 saturated carbocycles. The maximum Gasteiger partial charge on any atom is 0.308 e. The van der Waals surface area contributed by atoms with E-state index >= 15 is 0 Å². The molecule has 0 radical (unpaired) electrons. The van der Waals surface area contributed by atoms with Crippen LogP contribution in [0.4, 0.5) is 0 Å². The first-order valence-electron chi connectivity index (χ1n) is 5.31. The van der Waals surface area contributed by atoms with E-state index in [0.29, 0.717) is 11.6 Å². The average molecular weight is 226 g/mol. The normalized spacial score (nSPS) is 12.8. The van der Waals surface area contributed by atoms with Crippen molar-refractivity contribution in [2.75, 3.05) is 7.11 Å². The molecule has 1 aromatic heterocycles. The average Bonchev–Trinajstić information content (AvgIpc) is 2.65. The number of hydrogen-bond acceptors (Lipinski definition) is 4. The van der Waals surface area contributed by atoms with Crippen LogP contribution in [0.5, 0.6) is 0 Å². The Morgan fingerprint density at radius 1 is 1.62 bits per heavy atom. The summed E-state index contributed by atoms with van der Waals surface area (Å²) >= 11 is 0. The van der Waals surface area contributed by atoms with E-state index in [2.05, 4.69) is 23.7 Å². The Kier molecular flexibility index (Phi) is 4.49. The van der Waals surface area contributed by atoms with Crippen LogP contribution in [0.15, 0.2) is 12.3 Å². The Hall–Kier alpha value is -1.36. The Bertz CT molecular complexity index is 347. The summed E-state index contributed by atoms with van der Waals surface area (Å²) in [6.45, 7) is 4.98. The molecule has 0 spiro atoms. The van der Waals surface area contributed by atoms with E-state index in [0.717, 1.165) is 6.54 Å². The SMILES string of the molecule is COC(=O)CC(O)c1ccn(CC(C)C)n1. The van der Waals surface area contributed by atoms with Crippen LogP contribution in [0.2, 0.25) is 0 Å². The minimum atomic E-state index is -0.888. The molecule has 0 aromatic carbocycles. The van der Waals surface area contributed by atoms with Crippen molar-refractivity contribution in [1.29, 1.82) is 0 Å². The predicted molar refractivity (Wildman–Crippen MR) is 58.7 cm³/mol. The van der Waals surface area contributed by atoms with Gasteiger partial charge in [0.15, 0.2) is 0 Å². The molecule has 1 atom stereocenters. The lowest BCUT2D eigenvalue weighted by atomic mass is 10.2. The number of hydrogen-bond donors (Lipinski definition) is 1. The number of nitrogens with zero attached hydrogens (tertiary/aromatic N) is 2. The first-order valence-corrected chi connectivity index (χ1v) is 5.31. The lowest BCUT2D eigenvalue weighted by Gasteiger charge is -2.07.